The third-order valence-corrected chi connectivity index (χ3v) is 4.45. The molecule has 1 aliphatic rings. The summed E-state index contributed by atoms with van der Waals surface area (Å²) in [7, 11) is -3.65. The van der Waals surface area contributed by atoms with Gasteiger partial charge in [0.15, 0.2) is 5.03 Å². The normalized spacial score (nSPS) is 21.4. The Morgan fingerprint density at radius 3 is 3.00 bits per heavy atom. The number of hydrogen-bond acceptors (Lipinski definition) is 5. The van der Waals surface area contributed by atoms with E-state index in [1.54, 1.807) is 6.92 Å². The molecule has 1 fully saturated rings. The number of isocyanates is 1. The Bertz CT molecular complexity index is 559. The van der Waals surface area contributed by atoms with Gasteiger partial charge in [0.2, 0.25) is 6.08 Å². The van der Waals surface area contributed by atoms with Crippen LogP contribution < -0.4 is 0 Å². The maximum Gasteiger partial charge on any atom is 0.261 e. The fraction of sp³-hybridized carbons (Fsp3) is 0.556. The van der Waals surface area contributed by atoms with Gasteiger partial charge < -0.3 is 4.98 Å². The predicted octanol–water partition coefficient (Wildman–Crippen LogP) is 0.165. The van der Waals surface area contributed by atoms with Crippen LogP contribution in [0.5, 0.6) is 0 Å². The number of imidazole rings is 1. The van der Waals surface area contributed by atoms with Gasteiger partial charge in [-0.05, 0) is 19.8 Å². The lowest BCUT2D eigenvalue weighted by molar-refractivity contribution is 0.394. The summed E-state index contributed by atoms with van der Waals surface area (Å²) < 4.78 is 25.6. The van der Waals surface area contributed by atoms with E-state index in [1.807, 2.05) is 0 Å². The summed E-state index contributed by atoms with van der Waals surface area (Å²) in [6.07, 6.45) is 3.27. The molecule has 1 unspecified atom stereocenters. The fourth-order valence-electron chi connectivity index (χ4n) is 1.85. The Labute approximate surface area is 98.6 Å². The zero-order valence-electron chi connectivity index (χ0n) is 9.25. The summed E-state index contributed by atoms with van der Waals surface area (Å²) >= 11 is 0. The van der Waals surface area contributed by atoms with Crippen molar-refractivity contribution in [2.75, 3.05) is 6.54 Å². The average Bonchev–Trinajstić information content (AvgIpc) is 2.87. The first-order valence-electron chi connectivity index (χ1n) is 5.16. The van der Waals surface area contributed by atoms with Crippen molar-refractivity contribution in [2.24, 2.45) is 4.99 Å². The summed E-state index contributed by atoms with van der Waals surface area (Å²) in [4.78, 5) is 20.3. The molecule has 1 N–H and O–H groups in total. The van der Waals surface area contributed by atoms with Crippen molar-refractivity contribution in [3.05, 3.63) is 12.0 Å². The topological polar surface area (TPSA) is 95.5 Å². The minimum absolute atomic E-state index is 0.0306. The Morgan fingerprint density at radius 1 is 1.65 bits per heavy atom. The molecule has 7 nitrogen and oxygen atoms in total. The van der Waals surface area contributed by atoms with E-state index in [0.29, 0.717) is 25.2 Å². The van der Waals surface area contributed by atoms with Crippen molar-refractivity contribution in [1.29, 1.82) is 0 Å². The molecular formula is C9H12N4O3S. The molecule has 8 heteroatoms. The van der Waals surface area contributed by atoms with Crippen LogP contribution in [-0.2, 0) is 14.8 Å². The van der Waals surface area contributed by atoms with Gasteiger partial charge in [-0.3, -0.25) is 0 Å². The molecule has 0 spiro atoms. The molecule has 0 aromatic carbocycles. The molecule has 0 aliphatic carbocycles. The molecule has 1 aromatic heterocycles. The minimum atomic E-state index is -3.65. The molecule has 1 atom stereocenters. The van der Waals surface area contributed by atoms with Gasteiger partial charge in [0.25, 0.3) is 10.0 Å². The second-order valence-electron chi connectivity index (χ2n) is 3.79. The number of H-pyrrole nitrogens is 1. The number of aromatic nitrogens is 2. The Kier molecular flexibility index (Phi) is 3.10. The molecule has 0 saturated carbocycles. The second-order valence-corrected chi connectivity index (χ2v) is 5.65. The van der Waals surface area contributed by atoms with Crippen LogP contribution >= 0.6 is 0 Å². The molecule has 92 valence electrons. The first-order chi connectivity index (χ1) is 8.05. The molecule has 17 heavy (non-hydrogen) atoms. The third-order valence-electron chi connectivity index (χ3n) is 2.64. The van der Waals surface area contributed by atoms with Crippen LogP contribution in [0.4, 0.5) is 0 Å². The van der Waals surface area contributed by atoms with Crippen molar-refractivity contribution in [3.8, 4) is 0 Å². The van der Waals surface area contributed by atoms with Gasteiger partial charge in [0.1, 0.15) is 12.0 Å². The zero-order valence-corrected chi connectivity index (χ0v) is 10.1. The standard InChI is InChI=1S/C9H12N4O3S/c1-7-10-5-9(12-7)17(15,16)13-4-2-3-8(13)11-6-14/h5,8H,2-4H2,1H3,(H,10,12). The van der Waals surface area contributed by atoms with Gasteiger partial charge in [0.05, 0.1) is 6.20 Å². The van der Waals surface area contributed by atoms with Crippen molar-refractivity contribution >= 4 is 16.1 Å². The number of carbonyl (C=O) groups excluding carboxylic acids is 1. The van der Waals surface area contributed by atoms with Crippen LogP contribution in [0.2, 0.25) is 0 Å². The van der Waals surface area contributed by atoms with E-state index in [2.05, 4.69) is 15.0 Å². The highest BCUT2D eigenvalue weighted by atomic mass is 32.2. The van der Waals surface area contributed by atoms with E-state index in [0.717, 1.165) is 0 Å². The highest BCUT2D eigenvalue weighted by Crippen LogP contribution is 2.25. The Balaban J connectivity index is 2.35. The molecule has 0 amide bonds. The molecule has 1 aromatic rings. The van der Waals surface area contributed by atoms with Gasteiger partial charge in [-0.2, -0.15) is 9.30 Å². The van der Waals surface area contributed by atoms with Crippen molar-refractivity contribution in [1.82, 2.24) is 14.3 Å². The monoisotopic (exact) mass is 256 g/mol. The number of hydrogen-bond donors (Lipinski definition) is 1. The van der Waals surface area contributed by atoms with Gasteiger partial charge in [-0.15, -0.1) is 0 Å². The molecule has 0 bridgehead atoms. The SMILES string of the molecule is Cc1ncc(S(=O)(=O)N2CCCC2N=C=O)[nH]1. The molecule has 2 rings (SSSR count). The van der Waals surface area contributed by atoms with E-state index in [9.17, 15) is 13.2 Å². The number of rotatable bonds is 3. The van der Waals surface area contributed by atoms with Crippen LogP contribution in [0.1, 0.15) is 18.7 Å². The number of aryl methyl sites for hydroxylation is 1. The number of nitrogens with zero attached hydrogens (tertiary/aromatic N) is 3. The maximum absolute atomic E-state index is 12.2. The van der Waals surface area contributed by atoms with Gasteiger partial charge in [-0.1, -0.05) is 0 Å². The predicted molar refractivity (Wildman–Crippen MR) is 58.4 cm³/mol. The Morgan fingerprint density at radius 2 is 2.41 bits per heavy atom. The summed E-state index contributed by atoms with van der Waals surface area (Å²) in [5.41, 5.74) is 0. The van der Waals surface area contributed by atoms with E-state index < -0.39 is 16.2 Å². The first-order valence-corrected chi connectivity index (χ1v) is 6.60. The lowest BCUT2D eigenvalue weighted by atomic mass is 10.3. The summed E-state index contributed by atoms with van der Waals surface area (Å²) in [6.45, 7) is 2.03. The fourth-order valence-corrected chi connectivity index (χ4v) is 3.41. The molecule has 1 saturated heterocycles. The van der Waals surface area contributed by atoms with E-state index in [4.69, 9.17) is 0 Å². The molecule has 2 heterocycles. The average molecular weight is 256 g/mol. The van der Waals surface area contributed by atoms with E-state index >= 15 is 0 Å². The second kappa shape index (κ2) is 4.40. The lowest BCUT2D eigenvalue weighted by Crippen LogP contribution is -2.34. The lowest BCUT2D eigenvalue weighted by Gasteiger charge is -2.18. The van der Waals surface area contributed by atoms with Gasteiger partial charge in [-0.25, -0.2) is 18.2 Å². The van der Waals surface area contributed by atoms with E-state index in [-0.39, 0.29) is 5.03 Å². The minimum Gasteiger partial charge on any atom is -0.332 e. The van der Waals surface area contributed by atoms with Crippen LogP contribution in [0.3, 0.4) is 0 Å². The highest BCUT2D eigenvalue weighted by Gasteiger charge is 2.36. The van der Waals surface area contributed by atoms with Gasteiger partial charge in [0, 0.05) is 6.54 Å². The number of aromatic amines is 1. The number of nitrogens with one attached hydrogen (secondary N) is 1. The zero-order chi connectivity index (χ0) is 12.5. The van der Waals surface area contributed by atoms with Crippen LogP contribution in [0.15, 0.2) is 16.2 Å². The van der Waals surface area contributed by atoms with Crippen LogP contribution in [0, 0.1) is 6.92 Å². The highest BCUT2D eigenvalue weighted by molar-refractivity contribution is 7.89. The molecular weight excluding hydrogens is 244 g/mol. The maximum atomic E-state index is 12.2. The number of aliphatic imine (C=N–C) groups is 1. The molecule has 0 radical (unpaired) electrons. The van der Waals surface area contributed by atoms with Crippen LogP contribution in [0.25, 0.3) is 0 Å². The summed E-state index contributed by atoms with van der Waals surface area (Å²) in [6, 6.07) is 0. The first kappa shape index (κ1) is 12.0. The van der Waals surface area contributed by atoms with Gasteiger partial charge >= 0.3 is 0 Å². The number of sulfonamides is 1. The van der Waals surface area contributed by atoms with Crippen molar-refractivity contribution < 1.29 is 13.2 Å². The third kappa shape index (κ3) is 2.14. The van der Waals surface area contributed by atoms with Crippen LogP contribution in [-0.4, -0.2) is 41.5 Å². The summed E-state index contributed by atoms with van der Waals surface area (Å²) in [5.74, 6) is 0.526. The quantitative estimate of drug-likeness (QED) is 0.615. The van der Waals surface area contributed by atoms with E-state index in [1.165, 1.54) is 16.6 Å². The smallest absolute Gasteiger partial charge is 0.261 e. The van der Waals surface area contributed by atoms with Crippen molar-refractivity contribution in [2.45, 2.75) is 31.0 Å². The largest absolute Gasteiger partial charge is 0.332 e. The Hall–Kier alpha value is -1.50. The molecule has 1 aliphatic heterocycles. The van der Waals surface area contributed by atoms with Crippen molar-refractivity contribution in [3.63, 3.8) is 0 Å². The summed E-state index contributed by atoms with van der Waals surface area (Å²) in [5, 5.41) is 0.0306.